The van der Waals surface area contributed by atoms with E-state index in [1.165, 1.54) is 0 Å². The molecule has 0 saturated carbocycles. The summed E-state index contributed by atoms with van der Waals surface area (Å²) in [6.07, 6.45) is 4.90. The second-order valence-electron chi connectivity index (χ2n) is 7.71. The molecule has 2 atom stereocenters. The number of carbonyl (C=O) groups excluding carboxylic acids is 1. The molecule has 1 fully saturated rings. The molecule has 0 bridgehead atoms. The highest BCUT2D eigenvalue weighted by Gasteiger charge is 2.46. The van der Waals surface area contributed by atoms with Crippen molar-refractivity contribution in [2.75, 3.05) is 19.8 Å². The number of hydrogen-bond donors (Lipinski definition) is 0. The van der Waals surface area contributed by atoms with E-state index in [4.69, 9.17) is 14.2 Å². The highest BCUT2D eigenvalue weighted by Crippen LogP contribution is 2.33. The zero-order valence-corrected chi connectivity index (χ0v) is 15.8. The molecule has 24 heavy (non-hydrogen) atoms. The van der Waals surface area contributed by atoms with Gasteiger partial charge in [0.05, 0.1) is 25.9 Å². The van der Waals surface area contributed by atoms with Gasteiger partial charge in [0.1, 0.15) is 11.3 Å². The number of ether oxygens (including phenoxy) is 3. The van der Waals surface area contributed by atoms with Gasteiger partial charge in [0.2, 0.25) is 0 Å². The minimum absolute atomic E-state index is 0.0351. The Hall–Kier alpha value is -1.33. The number of carbonyl (C=O) groups is 1. The molecule has 1 amide bonds. The second-order valence-corrected chi connectivity index (χ2v) is 7.71. The number of allylic oxidation sites excluding steroid dienone is 1. The van der Waals surface area contributed by atoms with Crippen LogP contribution in [0.15, 0.2) is 25.3 Å². The van der Waals surface area contributed by atoms with E-state index in [-0.39, 0.29) is 18.1 Å². The number of nitrogens with zero attached hydrogens (tertiary/aromatic N) is 1. The molecule has 5 heteroatoms. The van der Waals surface area contributed by atoms with Crippen molar-refractivity contribution in [2.24, 2.45) is 5.92 Å². The second kappa shape index (κ2) is 8.67. The molecule has 1 aliphatic heterocycles. The molecule has 1 saturated heterocycles. The highest BCUT2D eigenvalue weighted by molar-refractivity contribution is 5.69. The van der Waals surface area contributed by atoms with Crippen LogP contribution in [0.4, 0.5) is 4.79 Å². The number of amides is 1. The Kier molecular flexibility index (Phi) is 7.49. The summed E-state index contributed by atoms with van der Waals surface area (Å²) in [5.74, 6) is 0.273. The van der Waals surface area contributed by atoms with Crippen molar-refractivity contribution in [3.63, 3.8) is 0 Å². The fourth-order valence-electron chi connectivity index (χ4n) is 2.91. The van der Waals surface area contributed by atoms with Crippen molar-refractivity contribution in [1.29, 1.82) is 0 Å². The Morgan fingerprint density at radius 2 is 2.04 bits per heavy atom. The molecule has 0 aliphatic carbocycles. The maximum absolute atomic E-state index is 12.6. The topological polar surface area (TPSA) is 48.0 Å². The predicted octanol–water partition coefficient (Wildman–Crippen LogP) is 4.14. The van der Waals surface area contributed by atoms with Gasteiger partial charge in [0, 0.05) is 0 Å². The summed E-state index contributed by atoms with van der Waals surface area (Å²) >= 11 is 0. The first-order valence-electron chi connectivity index (χ1n) is 8.56. The van der Waals surface area contributed by atoms with E-state index in [1.807, 2.05) is 40.7 Å². The van der Waals surface area contributed by atoms with Crippen molar-refractivity contribution in [3.8, 4) is 0 Å². The molecule has 5 nitrogen and oxygen atoms in total. The third-order valence-electron chi connectivity index (χ3n) is 3.86. The molecule has 1 unspecified atom stereocenters. The van der Waals surface area contributed by atoms with E-state index < -0.39 is 11.3 Å². The summed E-state index contributed by atoms with van der Waals surface area (Å²) in [6.45, 7) is 18.5. The first-order chi connectivity index (χ1) is 11.1. The van der Waals surface area contributed by atoms with Crippen LogP contribution in [0.2, 0.25) is 0 Å². The van der Waals surface area contributed by atoms with E-state index in [9.17, 15) is 4.79 Å². The molecule has 0 radical (unpaired) electrons. The lowest BCUT2D eigenvalue weighted by Crippen LogP contribution is -2.50. The van der Waals surface area contributed by atoms with Gasteiger partial charge in [-0.2, -0.15) is 0 Å². The molecular weight excluding hydrogens is 306 g/mol. The van der Waals surface area contributed by atoms with Gasteiger partial charge >= 0.3 is 6.09 Å². The van der Waals surface area contributed by atoms with Crippen LogP contribution in [0, 0.1) is 5.92 Å². The maximum atomic E-state index is 12.6. The van der Waals surface area contributed by atoms with E-state index in [2.05, 4.69) is 13.2 Å². The molecule has 0 aromatic heterocycles. The molecule has 1 aliphatic rings. The zero-order chi connectivity index (χ0) is 18.4. The minimum Gasteiger partial charge on any atom is -0.444 e. The standard InChI is InChI=1S/C19H33NO4/c1-8-10-15(13-22-11-9-2)12-16-14-23-19(6,7)20(16)17(21)24-18(3,4)5/h8-9,15-16H,1-2,10-14H2,3-7H3/t15-,16?/m0/s1. The summed E-state index contributed by atoms with van der Waals surface area (Å²) < 4.78 is 17.0. The molecule has 0 spiro atoms. The molecular formula is C19H33NO4. The lowest BCUT2D eigenvalue weighted by Gasteiger charge is -2.36. The molecule has 0 aromatic rings. The van der Waals surface area contributed by atoms with Gasteiger partial charge in [0.15, 0.2) is 0 Å². The SMILES string of the molecule is C=CCOC[C@@H](CC=C)CC1COC(C)(C)N1C(=O)OC(C)(C)C. The summed E-state index contributed by atoms with van der Waals surface area (Å²) in [5, 5.41) is 0. The third-order valence-corrected chi connectivity index (χ3v) is 3.86. The lowest BCUT2D eigenvalue weighted by molar-refractivity contribution is -0.0634. The largest absolute Gasteiger partial charge is 0.444 e. The van der Waals surface area contributed by atoms with E-state index >= 15 is 0 Å². The maximum Gasteiger partial charge on any atom is 0.412 e. The van der Waals surface area contributed by atoms with Crippen molar-refractivity contribution in [1.82, 2.24) is 4.90 Å². The monoisotopic (exact) mass is 339 g/mol. The normalized spacial score (nSPS) is 21.4. The van der Waals surface area contributed by atoms with E-state index in [0.717, 1.165) is 12.8 Å². The molecule has 1 heterocycles. The molecule has 0 N–H and O–H groups in total. The Labute approximate surface area is 146 Å². The van der Waals surface area contributed by atoms with Gasteiger partial charge in [-0.15, -0.1) is 13.2 Å². The van der Waals surface area contributed by atoms with Crippen LogP contribution in [0.1, 0.15) is 47.5 Å². The minimum atomic E-state index is -0.673. The summed E-state index contributed by atoms with van der Waals surface area (Å²) in [7, 11) is 0. The fourth-order valence-corrected chi connectivity index (χ4v) is 2.91. The third kappa shape index (κ3) is 6.29. The Bertz CT molecular complexity index is 439. The average Bonchev–Trinajstić information content (AvgIpc) is 2.72. The van der Waals surface area contributed by atoms with Crippen LogP contribution >= 0.6 is 0 Å². The van der Waals surface area contributed by atoms with Crippen LogP contribution in [0.25, 0.3) is 0 Å². The Balaban J connectivity index is 2.80. The van der Waals surface area contributed by atoms with Crippen molar-refractivity contribution in [3.05, 3.63) is 25.3 Å². The van der Waals surface area contributed by atoms with Gasteiger partial charge in [-0.25, -0.2) is 4.79 Å². The summed E-state index contributed by atoms with van der Waals surface area (Å²) in [5.41, 5.74) is -1.21. The van der Waals surface area contributed by atoms with Crippen LogP contribution < -0.4 is 0 Å². The van der Waals surface area contributed by atoms with Crippen LogP contribution in [0.3, 0.4) is 0 Å². The Morgan fingerprint density at radius 1 is 1.38 bits per heavy atom. The van der Waals surface area contributed by atoms with Crippen LogP contribution in [-0.4, -0.2) is 48.2 Å². The number of rotatable bonds is 8. The lowest BCUT2D eigenvalue weighted by atomic mass is 9.96. The first kappa shape index (κ1) is 20.7. The van der Waals surface area contributed by atoms with Gasteiger partial charge in [0.25, 0.3) is 0 Å². The smallest absolute Gasteiger partial charge is 0.412 e. The average molecular weight is 339 g/mol. The first-order valence-corrected chi connectivity index (χ1v) is 8.56. The quantitative estimate of drug-likeness (QED) is 0.492. The van der Waals surface area contributed by atoms with Crippen molar-refractivity contribution < 1.29 is 19.0 Å². The van der Waals surface area contributed by atoms with Gasteiger partial charge in [-0.3, -0.25) is 4.90 Å². The molecule has 1 rings (SSSR count). The molecule has 0 aromatic carbocycles. The number of hydrogen-bond acceptors (Lipinski definition) is 4. The van der Waals surface area contributed by atoms with Crippen LogP contribution in [-0.2, 0) is 14.2 Å². The van der Waals surface area contributed by atoms with E-state index in [1.54, 1.807) is 11.0 Å². The summed E-state index contributed by atoms with van der Waals surface area (Å²) in [6, 6.07) is -0.0351. The fraction of sp³-hybridized carbons (Fsp3) is 0.737. The van der Waals surface area contributed by atoms with Crippen LogP contribution in [0.5, 0.6) is 0 Å². The van der Waals surface area contributed by atoms with Gasteiger partial charge < -0.3 is 14.2 Å². The summed E-state index contributed by atoms with van der Waals surface area (Å²) in [4.78, 5) is 14.4. The van der Waals surface area contributed by atoms with E-state index in [0.29, 0.717) is 19.8 Å². The zero-order valence-electron chi connectivity index (χ0n) is 15.8. The van der Waals surface area contributed by atoms with Crippen molar-refractivity contribution >= 4 is 6.09 Å². The van der Waals surface area contributed by atoms with Gasteiger partial charge in [-0.1, -0.05) is 12.2 Å². The Morgan fingerprint density at radius 3 is 2.58 bits per heavy atom. The predicted molar refractivity (Wildman–Crippen MR) is 95.8 cm³/mol. The molecule has 138 valence electrons. The van der Waals surface area contributed by atoms with Gasteiger partial charge in [-0.05, 0) is 53.4 Å². The van der Waals surface area contributed by atoms with Crippen molar-refractivity contribution in [2.45, 2.75) is 64.8 Å². The highest BCUT2D eigenvalue weighted by atomic mass is 16.6.